The molecule has 3 rings (SSSR count). The van der Waals surface area contributed by atoms with Gasteiger partial charge in [-0.25, -0.2) is 0 Å². The Hall–Kier alpha value is -2.24. The summed E-state index contributed by atoms with van der Waals surface area (Å²) in [6, 6.07) is 14.6. The predicted octanol–water partition coefficient (Wildman–Crippen LogP) is 2.92. The standard InChI is InChI=1S/C20H26N4O/c1-16(20-5-3-4-10-21-20)24-13-11-23(12-14-24)15-18-6-8-19(9-7-18)22-17(2)25/h3-10,16H,11-15H2,1-2H3,(H,22,25)/t16-/m1/s1. The fourth-order valence-corrected chi connectivity index (χ4v) is 3.27. The number of carbonyl (C=O) groups is 1. The van der Waals surface area contributed by atoms with Crippen LogP contribution in [0, 0.1) is 0 Å². The molecular formula is C20H26N4O. The first-order chi connectivity index (χ1) is 12.1. The summed E-state index contributed by atoms with van der Waals surface area (Å²) in [4.78, 5) is 20.5. The van der Waals surface area contributed by atoms with Gasteiger partial charge in [0, 0.05) is 57.6 Å². The summed E-state index contributed by atoms with van der Waals surface area (Å²) in [5.74, 6) is -0.0362. The topological polar surface area (TPSA) is 48.5 Å². The molecule has 0 spiro atoms. The molecule has 1 aliphatic heterocycles. The second kappa shape index (κ2) is 8.23. The van der Waals surface area contributed by atoms with E-state index in [-0.39, 0.29) is 5.91 Å². The summed E-state index contributed by atoms with van der Waals surface area (Å²) < 4.78 is 0. The van der Waals surface area contributed by atoms with Crippen LogP contribution in [0.15, 0.2) is 48.7 Å². The van der Waals surface area contributed by atoms with E-state index in [0.29, 0.717) is 6.04 Å². The quantitative estimate of drug-likeness (QED) is 0.911. The molecule has 1 fully saturated rings. The van der Waals surface area contributed by atoms with Crippen LogP contribution in [0.1, 0.15) is 31.1 Å². The van der Waals surface area contributed by atoms with Crippen LogP contribution < -0.4 is 5.32 Å². The highest BCUT2D eigenvalue weighted by atomic mass is 16.1. The van der Waals surface area contributed by atoms with Gasteiger partial charge in [0.05, 0.1) is 5.69 Å². The molecule has 0 unspecified atom stereocenters. The third-order valence-electron chi connectivity index (χ3n) is 4.75. The van der Waals surface area contributed by atoms with Crippen LogP contribution in [0.2, 0.25) is 0 Å². The first kappa shape index (κ1) is 17.6. The fraction of sp³-hybridized carbons (Fsp3) is 0.400. The van der Waals surface area contributed by atoms with Gasteiger partial charge in [0.1, 0.15) is 0 Å². The van der Waals surface area contributed by atoms with Crippen molar-refractivity contribution in [2.24, 2.45) is 0 Å². The normalized spacial score (nSPS) is 17.2. The van der Waals surface area contributed by atoms with Gasteiger partial charge in [-0.05, 0) is 36.8 Å². The number of nitrogens with one attached hydrogen (secondary N) is 1. The fourth-order valence-electron chi connectivity index (χ4n) is 3.27. The smallest absolute Gasteiger partial charge is 0.221 e. The summed E-state index contributed by atoms with van der Waals surface area (Å²) in [5.41, 5.74) is 3.27. The van der Waals surface area contributed by atoms with Crippen LogP contribution in [0.5, 0.6) is 0 Å². The molecule has 1 aromatic heterocycles. The lowest BCUT2D eigenvalue weighted by atomic mass is 10.1. The Balaban J connectivity index is 1.50. The SMILES string of the molecule is CC(=O)Nc1ccc(CN2CCN([C@H](C)c3ccccn3)CC2)cc1. The predicted molar refractivity (Wildman–Crippen MR) is 100 cm³/mol. The maximum Gasteiger partial charge on any atom is 0.221 e. The van der Waals surface area contributed by atoms with Gasteiger partial charge in [-0.2, -0.15) is 0 Å². The minimum Gasteiger partial charge on any atom is -0.326 e. The van der Waals surface area contributed by atoms with Gasteiger partial charge in [-0.15, -0.1) is 0 Å². The van der Waals surface area contributed by atoms with E-state index in [1.807, 2.05) is 24.4 Å². The lowest BCUT2D eigenvalue weighted by Gasteiger charge is -2.37. The Labute approximate surface area is 149 Å². The number of aromatic nitrogens is 1. The Morgan fingerprint density at radius 2 is 1.84 bits per heavy atom. The average Bonchev–Trinajstić information content (AvgIpc) is 2.64. The third-order valence-corrected chi connectivity index (χ3v) is 4.75. The maximum absolute atomic E-state index is 11.1. The molecule has 0 bridgehead atoms. The molecule has 1 aliphatic rings. The number of amides is 1. The summed E-state index contributed by atoms with van der Waals surface area (Å²) >= 11 is 0. The largest absolute Gasteiger partial charge is 0.326 e. The molecule has 0 radical (unpaired) electrons. The second-order valence-electron chi connectivity index (χ2n) is 6.62. The number of anilines is 1. The number of rotatable bonds is 5. The first-order valence-electron chi connectivity index (χ1n) is 8.85. The molecule has 0 aliphatic carbocycles. The van der Waals surface area contributed by atoms with Crippen molar-refractivity contribution in [2.45, 2.75) is 26.4 Å². The third kappa shape index (κ3) is 4.87. The molecule has 132 valence electrons. The Morgan fingerprint density at radius 1 is 1.12 bits per heavy atom. The van der Waals surface area contributed by atoms with Crippen LogP contribution in [-0.4, -0.2) is 46.9 Å². The summed E-state index contributed by atoms with van der Waals surface area (Å²) in [5, 5.41) is 2.80. The van der Waals surface area contributed by atoms with Crippen LogP contribution in [0.4, 0.5) is 5.69 Å². The van der Waals surface area contributed by atoms with Crippen molar-refractivity contribution < 1.29 is 4.79 Å². The number of pyridine rings is 1. The number of carbonyl (C=O) groups excluding carboxylic acids is 1. The van der Waals surface area contributed by atoms with Crippen LogP contribution in [0.25, 0.3) is 0 Å². The van der Waals surface area contributed by atoms with Crippen LogP contribution in [-0.2, 0) is 11.3 Å². The van der Waals surface area contributed by atoms with Crippen molar-refractivity contribution in [1.82, 2.24) is 14.8 Å². The zero-order valence-electron chi connectivity index (χ0n) is 15.0. The van der Waals surface area contributed by atoms with Gasteiger partial charge in [0.2, 0.25) is 5.91 Å². The number of benzene rings is 1. The molecule has 5 nitrogen and oxygen atoms in total. The zero-order chi connectivity index (χ0) is 17.6. The monoisotopic (exact) mass is 338 g/mol. The Bertz CT molecular complexity index is 679. The van der Waals surface area contributed by atoms with E-state index in [1.54, 1.807) is 0 Å². The van der Waals surface area contributed by atoms with Gasteiger partial charge < -0.3 is 5.32 Å². The molecule has 0 saturated carbocycles. The lowest BCUT2D eigenvalue weighted by molar-refractivity contribution is -0.114. The minimum atomic E-state index is -0.0362. The van der Waals surface area contributed by atoms with Gasteiger partial charge in [-0.3, -0.25) is 19.6 Å². The highest BCUT2D eigenvalue weighted by molar-refractivity contribution is 5.88. The van der Waals surface area contributed by atoms with Crippen LogP contribution >= 0.6 is 0 Å². The summed E-state index contributed by atoms with van der Waals surface area (Å²) in [6.07, 6.45) is 1.87. The van der Waals surface area contributed by atoms with Gasteiger partial charge >= 0.3 is 0 Å². The molecule has 2 heterocycles. The Morgan fingerprint density at radius 3 is 2.44 bits per heavy atom. The van der Waals surface area contributed by atoms with Crippen molar-refractivity contribution in [2.75, 3.05) is 31.5 Å². The van der Waals surface area contributed by atoms with E-state index < -0.39 is 0 Å². The van der Waals surface area contributed by atoms with E-state index in [4.69, 9.17) is 0 Å². The van der Waals surface area contributed by atoms with E-state index in [9.17, 15) is 4.79 Å². The number of piperazine rings is 1. The molecular weight excluding hydrogens is 312 g/mol. The number of hydrogen-bond acceptors (Lipinski definition) is 4. The molecule has 1 atom stereocenters. The molecule has 2 aromatic rings. The Kier molecular flexibility index (Phi) is 5.79. The number of nitrogens with zero attached hydrogens (tertiary/aromatic N) is 3. The molecule has 1 aromatic carbocycles. The molecule has 5 heteroatoms. The second-order valence-corrected chi connectivity index (χ2v) is 6.62. The molecule has 25 heavy (non-hydrogen) atoms. The van der Waals surface area contributed by atoms with Crippen molar-refractivity contribution >= 4 is 11.6 Å². The highest BCUT2D eigenvalue weighted by Gasteiger charge is 2.22. The molecule has 1 N–H and O–H groups in total. The highest BCUT2D eigenvalue weighted by Crippen LogP contribution is 2.20. The van der Waals surface area contributed by atoms with Crippen molar-refractivity contribution in [3.8, 4) is 0 Å². The van der Waals surface area contributed by atoms with Gasteiger partial charge in [-0.1, -0.05) is 18.2 Å². The minimum absolute atomic E-state index is 0.0362. The first-order valence-corrected chi connectivity index (χ1v) is 8.85. The lowest BCUT2D eigenvalue weighted by Crippen LogP contribution is -2.46. The van der Waals surface area contributed by atoms with Crippen molar-refractivity contribution in [1.29, 1.82) is 0 Å². The van der Waals surface area contributed by atoms with E-state index >= 15 is 0 Å². The number of hydrogen-bond donors (Lipinski definition) is 1. The van der Waals surface area contributed by atoms with E-state index in [0.717, 1.165) is 44.1 Å². The van der Waals surface area contributed by atoms with Gasteiger partial charge in [0.15, 0.2) is 0 Å². The average molecular weight is 338 g/mol. The molecule has 1 amide bonds. The van der Waals surface area contributed by atoms with E-state index in [1.165, 1.54) is 12.5 Å². The maximum atomic E-state index is 11.1. The zero-order valence-corrected chi connectivity index (χ0v) is 15.0. The molecule has 1 saturated heterocycles. The van der Waals surface area contributed by atoms with E-state index in [2.05, 4.69) is 51.3 Å². The van der Waals surface area contributed by atoms with Crippen molar-refractivity contribution in [3.05, 3.63) is 59.9 Å². The van der Waals surface area contributed by atoms with Gasteiger partial charge in [0.25, 0.3) is 0 Å². The summed E-state index contributed by atoms with van der Waals surface area (Å²) in [7, 11) is 0. The summed E-state index contributed by atoms with van der Waals surface area (Å²) in [6.45, 7) is 8.95. The van der Waals surface area contributed by atoms with Crippen LogP contribution in [0.3, 0.4) is 0 Å². The van der Waals surface area contributed by atoms with Crippen molar-refractivity contribution in [3.63, 3.8) is 0 Å².